The molecular formula is C22H18ClN3O6S. The molecule has 3 aromatic carbocycles. The second kappa shape index (κ2) is 9.39. The predicted molar refractivity (Wildman–Crippen MR) is 121 cm³/mol. The maximum Gasteiger partial charge on any atom is 0.269 e. The Bertz CT molecular complexity index is 1330. The molecule has 4 rings (SSSR count). The molecule has 0 aliphatic carbocycles. The van der Waals surface area contributed by atoms with Crippen LogP contribution in [0, 0.1) is 0 Å². The molecule has 3 N–H and O–H groups in total. The van der Waals surface area contributed by atoms with Gasteiger partial charge in [0.25, 0.3) is 21.8 Å². The van der Waals surface area contributed by atoms with Crippen LogP contribution in [0.5, 0.6) is 11.5 Å². The molecule has 0 aromatic heterocycles. The van der Waals surface area contributed by atoms with Crippen LogP contribution < -0.4 is 25.0 Å². The first kappa shape index (κ1) is 22.4. The summed E-state index contributed by atoms with van der Waals surface area (Å²) in [4.78, 5) is 24.7. The zero-order valence-electron chi connectivity index (χ0n) is 17.0. The lowest BCUT2D eigenvalue weighted by Crippen LogP contribution is -2.41. The minimum absolute atomic E-state index is 0.0337. The Labute approximate surface area is 194 Å². The highest BCUT2D eigenvalue weighted by Gasteiger charge is 2.18. The van der Waals surface area contributed by atoms with E-state index in [0.29, 0.717) is 29.7 Å². The maximum atomic E-state index is 12.7. The molecule has 9 nitrogen and oxygen atoms in total. The van der Waals surface area contributed by atoms with E-state index in [0.717, 1.165) is 0 Å². The van der Waals surface area contributed by atoms with Gasteiger partial charge in [0.1, 0.15) is 13.2 Å². The summed E-state index contributed by atoms with van der Waals surface area (Å²) >= 11 is 5.89. The van der Waals surface area contributed by atoms with E-state index >= 15 is 0 Å². The normalized spacial score (nSPS) is 12.5. The molecule has 0 radical (unpaired) electrons. The number of rotatable bonds is 5. The van der Waals surface area contributed by atoms with Crippen LogP contribution in [0.1, 0.15) is 20.7 Å². The van der Waals surface area contributed by atoms with E-state index < -0.39 is 21.8 Å². The van der Waals surface area contributed by atoms with E-state index in [9.17, 15) is 18.0 Å². The molecule has 1 heterocycles. The summed E-state index contributed by atoms with van der Waals surface area (Å²) in [6, 6.07) is 16.2. The number of nitrogens with one attached hydrogen (secondary N) is 3. The van der Waals surface area contributed by atoms with Gasteiger partial charge < -0.3 is 9.47 Å². The van der Waals surface area contributed by atoms with Crippen LogP contribution in [0.15, 0.2) is 71.6 Å². The molecule has 0 saturated heterocycles. The zero-order chi connectivity index (χ0) is 23.4. The molecular weight excluding hydrogens is 470 g/mol. The molecule has 1 aliphatic heterocycles. The number of ether oxygens (including phenoxy) is 2. The average molecular weight is 488 g/mol. The smallest absolute Gasteiger partial charge is 0.269 e. The van der Waals surface area contributed by atoms with Gasteiger partial charge in [-0.05, 0) is 54.6 Å². The first-order valence-electron chi connectivity index (χ1n) is 9.71. The fourth-order valence-corrected chi connectivity index (χ4v) is 4.30. The minimum Gasteiger partial charge on any atom is -0.486 e. The quantitative estimate of drug-likeness (QED) is 0.475. The van der Waals surface area contributed by atoms with Crippen LogP contribution in [0.4, 0.5) is 5.69 Å². The number of benzene rings is 3. The Kier molecular flexibility index (Phi) is 6.38. The average Bonchev–Trinajstić information content (AvgIpc) is 2.82. The molecule has 2 amide bonds. The van der Waals surface area contributed by atoms with Gasteiger partial charge in [0.2, 0.25) is 0 Å². The van der Waals surface area contributed by atoms with E-state index in [1.165, 1.54) is 42.5 Å². The van der Waals surface area contributed by atoms with Crippen LogP contribution in [-0.4, -0.2) is 33.4 Å². The molecule has 0 saturated carbocycles. The molecule has 1 aliphatic rings. The largest absolute Gasteiger partial charge is 0.486 e. The number of sulfonamides is 1. The van der Waals surface area contributed by atoms with Crippen LogP contribution in [0.2, 0.25) is 5.02 Å². The van der Waals surface area contributed by atoms with Crippen molar-refractivity contribution < 1.29 is 27.5 Å². The molecule has 11 heteroatoms. The maximum absolute atomic E-state index is 12.7. The number of carbonyl (C=O) groups excluding carboxylic acids is 2. The molecule has 0 atom stereocenters. The van der Waals surface area contributed by atoms with Gasteiger partial charge in [-0.2, -0.15) is 0 Å². The van der Waals surface area contributed by atoms with Crippen LogP contribution in [-0.2, 0) is 10.0 Å². The van der Waals surface area contributed by atoms with Crippen molar-refractivity contribution in [2.24, 2.45) is 0 Å². The summed E-state index contributed by atoms with van der Waals surface area (Å²) in [6.45, 7) is 0.804. The van der Waals surface area contributed by atoms with Crippen molar-refractivity contribution >= 4 is 39.1 Å². The van der Waals surface area contributed by atoms with Crippen LogP contribution >= 0.6 is 11.6 Å². The number of fused-ring (bicyclic) bond motifs is 1. The van der Waals surface area contributed by atoms with Gasteiger partial charge in [-0.25, -0.2) is 8.42 Å². The predicted octanol–water partition coefficient (Wildman–Crippen LogP) is 2.99. The Morgan fingerprint density at radius 3 is 2.18 bits per heavy atom. The Balaban J connectivity index is 1.43. The van der Waals surface area contributed by atoms with Gasteiger partial charge in [-0.15, -0.1) is 0 Å². The van der Waals surface area contributed by atoms with E-state index in [1.54, 1.807) is 24.3 Å². The number of hydrogen-bond donors (Lipinski definition) is 3. The van der Waals surface area contributed by atoms with Crippen molar-refractivity contribution in [3.63, 3.8) is 0 Å². The van der Waals surface area contributed by atoms with Crippen molar-refractivity contribution in [3.05, 3.63) is 82.9 Å². The number of amides is 2. The Morgan fingerprint density at radius 2 is 1.45 bits per heavy atom. The monoisotopic (exact) mass is 487 g/mol. The van der Waals surface area contributed by atoms with Gasteiger partial charge in [0.05, 0.1) is 10.6 Å². The second-order valence-corrected chi connectivity index (χ2v) is 9.03. The summed E-state index contributed by atoms with van der Waals surface area (Å²) in [5.41, 5.74) is 5.13. The summed E-state index contributed by atoms with van der Waals surface area (Å²) in [5.74, 6) is -0.302. The topological polar surface area (TPSA) is 123 Å². The lowest BCUT2D eigenvalue weighted by atomic mass is 10.2. The lowest BCUT2D eigenvalue weighted by Gasteiger charge is -2.18. The number of hydrogen-bond acceptors (Lipinski definition) is 6. The minimum atomic E-state index is -3.97. The number of halogens is 1. The summed E-state index contributed by atoms with van der Waals surface area (Å²) in [7, 11) is -3.97. The number of hydrazine groups is 1. The first-order chi connectivity index (χ1) is 15.8. The van der Waals surface area contributed by atoms with E-state index in [1.807, 2.05) is 0 Å². The molecule has 170 valence electrons. The van der Waals surface area contributed by atoms with E-state index in [-0.39, 0.29) is 21.7 Å². The van der Waals surface area contributed by atoms with Gasteiger partial charge in [-0.3, -0.25) is 25.2 Å². The van der Waals surface area contributed by atoms with Crippen molar-refractivity contribution in [2.75, 3.05) is 17.9 Å². The number of carbonyl (C=O) groups is 2. The third-order valence-corrected chi connectivity index (χ3v) is 6.19. The second-order valence-electron chi connectivity index (χ2n) is 6.91. The summed E-state index contributed by atoms with van der Waals surface area (Å²) in [5, 5.41) is 0.372. The fraction of sp³-hybridized carbons (Fsp3) is 0.0909. The van der Waals surface area contributed by atoms with Crippen LogP contribution in [0.3, 0.4) is 0 Å². The van der Waals surface area contributed by atoms with Gasteiger partial charge in [-0.1, -0.05) is 23.7 Å². The van der Waals surface area contributed by atoms with Crippen molar-refractivity contribution in [3.8, 4) is 11.5 Å². The van der Waals surface area contributed by atoms with Crippen molar-refractivity contribution in [1.29, 1.82) is 0 Å². The standard InChI is InChI=1S/C22H18ClN3O6S/c23-16-4-2-5-17(13-16)26-33(29,30)18-6-1-3-14(11-18)21(27)24-25-22(28)15-7-8-19-20(12-15)32-10-9-31-19/h1-8,11-13,26H,9-10H2,(H,24,27)(H,25,28). The molecule has 0 unspecified atom stereocenters. The molecule has 0 bridgehead atoms. The Hall–Kier alpha value is -3.76. The fourth-order valence-electron chi connectivity index (χ4n) is 3.01. The molecule has 33 heavy (non-hydrogen) atoms. The SMILES string of the molecule is O=C(NNC(=O)c1ccc2c(c1)OCCO2)c1cccc(S(=O)(=O)Nc2cccc(Cl)c2)c1. The molecule has 0 fully saturated rings. The third-order valence-electron chi connectivity index (χ3n) is 4.58. The first-order valence-corrected chi connectivity index (χ1v) is 11.6. The van der Waals surface area contributed by atoms with Crippen molar-refractivity contribution in [2.45, 2.75) is 4.90 Å². The van der Waals surface area contributed by atoms with E-state index in [2.05, 4.69) is 15.6 Å². The van der Waals surface area contributed by atoms with E-state index in [4.69, 9.17) is 21.1 Å². The molecule has 3 aromatic rings. The lowest BCUT2D eigenvalue weighted by molar-refractivity contribution is 0.0846. The van der Waals surface area contributed by atoms with Gasteiger partial charge in [0, 0.05) is 16.1 Å². The summed E-state index contributed by atoms with van der Waals surface area (Å²) < 4.78 is 38.6. The highest BCUT2D eigenvalue weighted by atomic mass is 35.5. The Morgan fingerprint density at radius 1 is 0.788 bits per heavy atom. The van der Waals surface area contributed by atoms with Gasteiger partial charge >= 0.3 is 0 Å². The van der Waals surface area contributed by atoms with Crippen LogP contribution in [0.25, 0.3) is 0 Å². The highest BCUT2D eigenvalue weighted by Crippen LogP contribution is 2.30. The summed E-state index contributed by atoms with van der Waals surface area (Å²) in [6.07, 6.45) is 0. The van der Waals surface area contributed by atoms with Gasteiger partial charge in [0.15, 0.2) is 11.5 Å². The molecule has 0 spiro atoms. The van der Waals surface area contributed by atoms with Crippen molar-refractivity contribution in [1.82, 2.24) is 10.9 Å². The number of anilines is 1. The third kappa shape index (κ3) is 5.36. The highest BCUT2D eigenvalue weighted by molar-refractivity contribution is 7.92. The zero-order valence-corrected chi connectivity index (χ0v) is 18.6.